The minimum absolute atomic E-state index is 0.172. The van der Waals surface area contributed by atoms with Crippen molar-refractivity contribution in [2.24, 2.45) is 5.73 Å². The lowest BCUT2D eigenvalue weighted by atomic mass is 10.1. The molecule has 0 aliphatic carbocycles. The van der Waals surface area contributed by atoms with Gasteiger partial charge in [0.25, 0.3) is 5.91 Å². The minimum Gasteiger partial charge on any atom is -0.497 e. The molecule has 1 fully saturated rings. The Morgan fingerprint density at radius 2 is 2.00 bits per heavy atom. The molecule has 1 aliphatic heterocycles. The van der Waals surface area contributed by atoms with Gasteiger partial charge in [0.2, 0.25) is 0 Å². The van der Waals surface area contributed by atoms with Crippen molar-refractivity contribution >= 4 is 17.3 Å². The lowest BCUT2D eigenvalue weighted by molar-refractivity contribution is -0.127. The first-order valence-corrected chi connectivity index (χ1v) is 7.22. The molecule has 1 heterocycles. The summed E-state index contributed by atoms with van der Waals surface area (Å²) in [5, 5.41) is 7.98. The molecule has 1 amide bonds. The number of carbonyl (C=O) groups excluding carboxylic acids is 1. The van der Waals surface area contributed by atoms with Crippen molar-refractivity contribution in [3.05, 3.63) is 29.8 Å². The zero-order chi connectivity index (χ0) is 16.8. The first kappa shape index (κ1) is 16.8. The molecule has 23 heavy (non-hydrogen) atoms. The number of hydrogen-bond acceptors (Lipinski definition) is 6. The third-order valence-corrected chi connectivity index (χ3v) is 3.55. The third kappa shape index (κ3) is 4.01. The van der Waals surface area contributed by atoms with E-state index in [0.29, 0.717) is 43.4 Å². The Labute approximate surface area is 135 Å². The van der Waals surface area contributed by atoms with E-state index in [4.69, 9.17) is 25.4 Å². The van der Waals surface area contributed by atoms with Crippen LogP contribution in [0.5, 0.6) is 11.5 Å². The number of methoxy groups -OCH3 is 2. The van der Waals surface area contributed by atoms with Crippen molar-refractivity contribution in [1.82, 2.24) is 4.90 Å². The van der Waals surface area contributed by atoms with Crippen LogP contribution in [0.25, 0.3) is 5.70 Å². The van der Waals surface area contributed by atoms with Gasteiger partial charge < -0.3 is 24.8 Å². The second kappa shape index (κ2) is 7.64. The van der Waals surface area contributed by atoms with E-state index in [9.17, 15) is 4.79 Å². The number of ether oxygens (including phenoxy) is 3. The fourth-order valence-corrected chi connectivity index (χ4v) is 2.27. The standard InChI is InChI=1S/C16H21N3O4/c1-21-11-3-4-15(22-2)12(9-11)13(17)10-14(18)16(20)19-5-7-23-8-6-19/h3-4,9-10,18H,5-8,17H2,1-2H3/b13-10-,18-14?. The van der Waals surface area contributed by atoms with Crippen LogP contribution in [0.3, 0.4) is 0 Å². The number of nitrogens with two attached hydrogens (primary N) is 1. The summed E-state index contributed by atoms with van der Waals surface area (Å²) in [4.78, 5) is 13.8. The molecule has 1 aliphatic rings. The van der Waals surface area contributed by atoms with E-state index in [2.05, 4.69) is 0 Å². The van der Waals surface area contributed by atoms with Gasteiger partial charge in [0.15, 0.2) is 0 Å². The number of amides is 1. The molecule has 7 heteroatoms. The van der Waals surface area contributed by atoms with Crippen LogP contribution in [0.2, 0.25) is 0 Å². The summed E-state index contributed by atoms with van der Waals surface area (Å²) in [6, 6.07) is 5.18. The summed E-state index contributed by atoms with van der Waals surface area (Å²) in [7, 11) is 3.08. The van der Waals surface area contributed by atoms with Crippen LogP contribution in [-0.2, 0) is 9.53 Å². The van der Waals surface area contributed by atoms with Gasteiger partial charge in [-0.05, 0) is 24.3 Å². The fraction of sp³-hybridized carbons (Fsp3) is 0.375. The molecule has 1 aromatic carbocycles. The van der Waals surface area contributed by atoms with Crippen molar-refractivity contribution in [3.8, 4) is 11.5 Å². The zero-order valence-corrected chi connectivity index (χ0v) is 13.3. The maximum absolute atomic E-state index is 12.2. The Hall–Kier alpha value is -2.54. The normalized spacial score (nSPS) is 15.2. The van der Waals surface area contributed by atoms with Crippen LogP contribution in [0.1, 0.15) is 5.56 Å². The zero-order valence-electron chi connectivity index (χ0n) is 13.3. The molecule has 1 saturated heterocycles. The molecule has 0 radical (unpaired) electrons. The van der Waals surface area contributed by atoms with Gasteiger partial charge in [-0.1, -0.05) is 0 Å². The lowest BCUT2D eigenvalue weighted by Gasteiger charge is -2.26. The maximum Gasteiger partial charge on any atom is 0.271 e. The number of benzene rings is 1. The molecule has 3 N–H and O–H groups in total. The largest absolute Gasteiger partial charge is 0.497 e. The average molecular weight is 319 g/mol. The Morgan fingerprint density at radius 3 is 2.61 bits per heavy atom. The van der Waals surface area contributed by atoms with Gasteiger partial charge in [-0.2, -0.15) is 0 Å². The van der Waals surface area contributed by atoms with Crippen LogP contribution in [0, 0.1) is 5.41 Å². The molecule has 0 atom stereocenters. The van der Waals surface area contributed by atoms with Crippen molar-refractivity contribution in [3.63, 3.8) is 0 Å². The van der Waals surface area contributed by atoms with Gasteiger partial charge in [-0.15, -0.1) is 0 Å². The highest BCUT2D eigenvalue weighted by Crippen LogP contribution is 2.27. The summed E-state index contributed by atoms with van der Waals surface area (Å²) in [6.45, 7) is 1.94. The fourth-order valence-electron chi connectivity index (χ4n) is 2.27. The highest BCUT2D eigenvalue weighted by Gasteiger charge is 2.20. The molecular weight excluding hydrogens is 298 g/mol. The summed E-state index contributed by atoms with van der Waals surface area (Å²) in [5.74, 6) is 0.799. The monoisotopic (exact) mass is 319 g/mol. The van der Waals surface area contributed by atoms with Crippen LogP contribution in [0.4, 0.5) is 0 Å². The summed E-state index contributed by atoms with van der Waals surface area (Å²) < 4.78 is 15.6. The van der Waals surface area contributed by atoms with Gasteiger partial charge in [0, 0.05) is 24.4 Å². The Balaban J connectivity index is 2.21. The Bertz CT molecular complexity index is 622. The van der Waals surface area contributed by atoms with E-state index in [0.717, 1.165) is 0 Å². The van der Waals surface area contributed by atoms with E-state index in [1.54, 1.807) is 30.2 Å². The molecule has 0 unspecified atom stereocenters. The SMILES string of the molecule is COc1ccc(OC)c(/C(N)=C/C(=N)C(=O)N2CCOCC2)c1. The van der Waals surface area contributed by atoms with Crippen molar-refractivity contribution in [2.75, 3.05) is 40.5 Å². The number of morpholine rings is 1. The van der Waals surface area contributed by atoms with Crippen molar-refractivity contribution in [2.45, 2.75) is 0 Å². The number of nitrogens with zero attached hydrogens (tertiary/aromatic N) is 1. The van der Waals surface area contributed by atoms with Crippen LogP contribution in [-0.4, -0.2) is 57.0 Å². The molecule has 2 rings (SSSR count). The number of hydrogen-bond donors (Lipinski definition) is 2. The highest BCUT2D eigenvalue weighted by atomic mass is 16.5. The summed E-state index contributed by atoms with van der Waals surface area (Å²) in [6.07, 6.45) is 1.34. The van der Waals surface area contributed by atoms with Crippen molar-refractivity contribution in [1.29, 1.82) is 5.41 Å². The van der Waals surface area contributed by atoms with Gasteiger partial charge in [0.1, 0.15) is 17.2 Å². The molecule has 7 nitrogen and oxygen atoms in total. The number of rotatable bonds is 5. The van der Waals surface area contributed by atoms with E-state index in [1.165, 1.54) is 13.2 Å². The smallest absolute Gasteiger partial charge is 0.271 e. The molecular formula is C16H21N3O4. The molecule has 0 saturated carbocycles. The topological polar surface area (TPSA) is 97.9 Å². The van der Waals surface area contributed by atoms with Crippen molar-refractivity contribution < 1.29 is 19.0 Å². The maximum atomic E-state index is 12.2. The average Bonchev–Trinajstić information content (AvgIpc) is 2.61. The molecule has 0 spiro atoms. The van der Waals surface area contributed by atoms with Crippen LogP contribution in [0.15, 0.2) is 24.3 Å². The molecule has 124 valence electrons. The summed E-state index contributed by atoms with van der Waals surface area (Å²) >= 11 is 0. The Morgan fingerprint density at radius 1 is 1.30 bits per heavy atom. The minimum atomic E-state index is -0.363. The second-order valence-corrected chi connectivity index (χ2v) is 4.98. The Kier molecular flexibility index (Phi) is 5.59. The van der Waals surface area contributed by atoms with E-state index in [1.807, 2.05) is 0 Å². The van der Waals surface area contributed by atoms with E-state index in [-0.39, 0.29) is 17.3 Å². The van der Waals surface area contributed by atoms with Gasteiger partial charge >= 0.3 is 0 Å². The van der Waals surface area contributed by atoms with Gasteiger partial charge in [-0.25, -0.2) is 0 Å². The first-order valence-electron chi connectivity index (χ1n) is 7.22. The summed E-state index contributed by atoms with van der Waals surface area (Å²) in [5.41, 5.74) is 6.73. The van der Waals surface area contributed by atoms with Crippen LogP contribution < -0.4 is 15.2 Å². The second-order valence-electron chi connectivity index (χ2n) is 4.98. The molecule has 1 aromatic rings. The van der Waals surface area contributed by atoms with E-state index >= 15 is 0 Å². The van der Waals surface area contributed by atoms with Gasteiger partial charge in [0.05, 0.1) is 27.4 Å². The van der Waals surface area contributed by atoms with Gasteiger partial charge in [-0.3, -0.25) is 10.2 Å². The predicted octanol–water partition coefficient (Wildman–Crippen LogP) is 0.882. The number of carbonyl (C=O) groups is 1. The highest BCUT2D eigenvalue weighted by molar-refractivity contribution is 6.43. The number of nitrogens with one attached hydrogen (secondary N) is 1. The quantitative estimate of drug-likeness (QED) is 0.785. The third-order valence-electron chi connectivity index (χ3n) is 3.55. The predicted molar refractivity (Wildman–Crippen MR) is 86.8 cm³/mol. The first-order chi connectivity index (χ1) is 11.1. The molecule has 0 bridgehead atoms. The van der Waals surface area contributed by atoms with E-state index < -0.39 is 0 Å². The van der Waals surface area contributed by atoms with Crippen LogP contribution >= 0.6 is 0 Å². The lowest BCUT2D eigenvalue weighted by Crippen LogP contribution is -2.43. The molecule has 0 aromatic heterocycles.